The van der Waals surface area contributed by atoms with Crippen LogP contribution in [-0.2, 0) is 9.47 Å². The van der Waals surface area contributed by atoms with Gasteiger partial charge in [0, 0.05) is 0 Å². The highest BCUT2D eigenvalue weighted by molar-refractivity contribution is 5.03. The molecule has 1 heterocycles. The lowest BCUT2D eigenvalue weighted by Crippen LogP contribution is -2.61. The van der Waals surface area contributed by atoms with E-state index in [1.54, 1.807) is 0 Å². The molecular formula is C14H26O10. The molecule has 24 heavy (non-hydrogen) atoms. The maximum atomic E-state index is 10.1. The summed E-state index contributed by atoms with van der Waals surface area (Å²) >= 11 is 0. The van der Waals surface area contributed by atoms with Crippen molar-refractivity contribution in [1.29, 1.82) is 0 Å². The molecule has 0 aromatic heterocycles. The fraction of sp³-hybridized carbons (Fsp3) is 0.857. The molecular weight excluding hydrogens is 328 g/mol. The van der Waals surface area contributed by atoms with E-state index in [0.29, 0.717) is 0 Å². The quantitative estimate of drug-likeness (QED) is 0.199. The van der Waals surface area contributed by atoms with E-state index in [1.165, 1.54) is 6.92 Å². The van der Waals surface area contributed by atoms with Crippen molar-refractivity contribution in [2.45, 2.75) is 62.0 Å². The second-order valence-corrected chi connectivity index (χ2v) is 5.83. The Morgan fingerprint density at radius 3 is 2.12 bits per heavy atom. The highest BCUT2D eigenvalue weighted by atomic mass is 16.7. The first kappa shape index (κ1) is 21.4. The van der Waals surface area contributed by atoms with Gasteiger partial charge in [-0.1, -0.05) is 6.58 Å². The summed E-state index contributed by atoms with van der Waals surface area (Å²) in [5.41, 5.74) is 0.162. The van der Waals surface area contributed by atoms with Crippen LogP contribution >= 0.6 is 0 Å². The molecule has 0 bridgehead atoms. The Morgan fingerprint density at radius 2 is 1.67 bits per heavy atom. The summed E-state index contributed by atoms with van der Waals surface area (Å²) in [6.07, 6.45) is -14.4. The number of aliphatic hydroxyl groups is 8. The van der Waals surface area contributed by atoms with Crippen molar-refractivity contribution in [1.82, 2.24) is 0 Å². The van der Waals surface area contributed by atoms with E-state index < -0.39 is 68.3 Å². The Hall–Kier alpha value is -0.660. The Labute approximate surface area is 138 Å². The van der Waals surface area contributed by atoms with Gasteiger partial charge in [0.05, 0.1) is 13.2 Å². The number of rotatable bonds is 8. The van der Waals surface area contributed by atoms with E-state index in [9.17, 15) is 30.6 Å². The summed E-state index contributed by atoms with van der Waals surface area (Å²) in [6, 6.07) is 0. The molecule has 0 radical (unpaired) electrons. The van der Waals surface area contributed by atoms with Gasteiger partial charge in [-0.05, 0) is 12.5 Å². The van der Waals surface area contributed by atoms with Crippen LogP contribution in [0.25, 0.3) is 0 Å². The second-order valence-electron chi connectivity index (χ2n) is 5.83. The van der Waals surface area contributed by atoms with Crippen molar-refractivity contribution in [3.8, 4) is 0 Å². The molecule has 0 aromatic carbocycles. The molecule has 1 rings (SSSR count). The maximum Gasteiger partial charge on any atom is 0.187 e. The SMILES string of the molecule is C=C(C)[C@H](O)[C@@H](O)C(O[C@@H]1O[C@H](CO)[C@H](O)[C@H](O)[C@H]1O)[C@H](O)CO. The minimum absolute atomic E-state index is 0.162. The van der Waals surface area contributed by atoms with Gasteiger partial charge < -0.3 is 50.3 Å². The minimum atomic E-state index is -1.76. The van der Waals surface area contributed by atoms with Crippen molar-refractivity contribution in [3.05, 3.63) is 12.2 Å². The molecule has 0 aromatic rings. The van der Waals surface area contributed by atoms with Gasteiger partial charge >= 0.3 is 0 Å². The zero-order valence-electron chi connectivity index (χ0n) is 13.2. The average Bonchev–Trinajstić information content (AvgIpc) is 2.57. The van der Waals surface area contributed by atoms with Gasteiger partial charge in [0.1, 0.15) is 48.8 Å². The lowest BCUT2D eigenvalue weighted by atomic mass is 9.97. The van der Waals surface area contributed by atoms with Crippen LogP contribution in [0, 0.1) is 0 Å². The Balaban J connectivity index is 2.94. The van der Waals surface area contributed by atoms with E-state index in [2.05, 4.69) is 6.58 Å². The summed E-state index contributed by atoms with van der Waals surface area (Å²) in [5, 5.41) is 77.3. The zero-order valence-corrected chi connectivity index (χ0v) is 13.2. The third-order valence-corrected chi connectivity index (χ3v) is 3.87. The largest absolute Gasteiger partial charge is 0.394 e. The number of ether oxygens (including phenoxy) is 2. The van der Waals surface area contributed by atoms with Crippen LogP contribution in [0.5, 0.6) is 0 Å². The zero-order chi connectivity index (χ0) is 18.6. The molecule has 8 N–H and O–H groups in total. The maximum absolute atomic E-state index is 10.1. The molecule has 1 aliphatic heterocycles. The predicted octanol–water partition coefficient (Wildman–Crippen LogP) is -4.18. The average molecular weight is 354 g/mol. The lowest BCUT2D eigenvalue weighted by molar-refractivity contribution is -0.326. The van der Waals surface area contributed by atoms with Gasteiger partial charge in [-0.25, -0.2) is 0 Å². The molecule has 0 saturated carbocycles. The molecule has 1 saturated heterocycles. The second kappa shape index (κ2) is 9.15. The van der Waals surface area contributed by atoms with Crippen molar-refractivity contribution < 1.29 is 50.3 Å². The van der Waals surface area contributed by atoms with E-state index >= 15 is 0 Å². The van der Waals surface area contributed by atoms with Crippen LogP contribution in [0.2, 0.25) is 0 Å². The third kappa shape index (κ3) is 4.70. The van der Waals surface area contributed by atoms with Gasteiger partial charge in [-0.2, -0.15) is 0 Å². The molecule has 1 unspecified atom stereocenters. The molecule has 1 aliphatic rings. The van der Waals surface area contributed by atoms with Crippen molar-refractivity contribution in [3.63, 3.8) is 0 Å². The van der Waals surface area contributed by atoms with Crippen LogP contribution in [0.3, 0.4) is 0 Å². The van der Waals surface area contributed by atoms with E-state index in [0.717, 1.165) is 0 Å². The summed E-state index contributed by atoms with van der Waals surface area (Å²) in [7, 11) is 0. The van der Waals surface area contributed by atoms with Crippen LogP contribution in [0.4, 0.5) is 0 Å². The van der Waals surface area contributed by atoms with Crippen LogP contribution in [0.1, 0.15) is 6.92 Å². The van der Waals surface area contributed by atoms with Gasteiger partial charge in [0.2, 0.25) is 0 Å². The fourth-order valence-corrected chi connectivity index (χ4v) is 2.31. The Bertz CT molecular complexity index is 403. The molecule has 10 nitrogen and oxygen atoms in total. The van der Waals surface area contributed by atoms with Gasteiger partial charge in [-0.15, -0.1) is 0 Å². The normalized spacial score (nSPS) is 36.0. The van der Waals surface area contributed by atoms with E-state index in [4.69, 9.17) is 19.7 Å². The Morgan fingerprint density at radius 1 is 1.08 bits per heavy atom. The van der Waals surface area contributed by atoms with Crippen molar-refractivity contribution in [2.75, 3.05) is 13.2 Å². The number of aliphatic hydroxyl groups excluding tert-OH is 8. The van der Waals surface area contributed by atoms with Crippen molar-refractivity contribution >= 4 is 0 Å². The topological polar surface area (TPSA) is 180 Å². The van der Waals surface area contributed by atoms with Crippen LogP contribution < -0.4 is 0 Å². The van der Waals surface area contributed by atoms with Crippen molar-refractivity contribution in [2.24, 2.45) is 0 Å². The van der Waals surface area contributed by atoms with Gasteiger partial charge in [0.25, 0.3) is 0 Å². The fourth-order valence-electron chi connectivity index (χ4n) is 2.31. The molecule has 0 amide bonds. The first-order valence-corrected chi connectivity index (χ1v) is 7.42. The molecule has 9 atom stereocenters. The molecule has 0 aliphatic carbocycles. The molecule has 1 fully saturated rings. The third-order valence-electron chi connectivity index (χ3n) is 3.87. The summed E-state index contributed by atoms with van der Waals surface area (Å²) in [4.78, 5) is 0. The standard InChI is InChI=1S/C14H26O10/c1-5(2)8(18)11(21)13(6(17)3-15)24-14-12(22)10(20)9(19)7(4-16)23-14/h6-22H,1,3-4H2,2H3/t6-,7-,8+,9+,10+,11-,12-,13?,14+/m1/s1. The number of hydrogen-bond donors (Lipinski definition) is 8. The van der Waals surface area contributed by atoms with Gasteiger partial charge in [-0.3, -0.25) is 0 Å². The summed E-state index contributed by atoms with van der Waals surface area (Å²) in [5.74, 6) is 0. The van der Waals surface area contributed by atoms with Crippen LogP contribution in [0.15, 0.2) is 12.2 Å². The minimum Gasteiger partial charge on any atom is -0.394 e. The predicted molar refractivity (Wildman–Crippen MR) is 78.6 cm³/mol. The monoisotopic (exact) mass is 354 g/mol. The highest BCUT2D eigenvalue weighted by Crippen LogP contribution is 2.25. The van der Waals surface area contributed by atoms with E-state index in [1.807, 2.05) is 0 Å². The number of hydrogen-bond acceptors (Lipinski definition) is 10. The van der Waals surface area contributed by atoms with E-state index in [-0.39, 0.29) is 5.57 Å². The first-order valence-electron chi connectivity index (χ1n) is 7.42. The molecule has 10 heteroatoms. The molecule has 0 spiro atoms. The summed E-state index contributed by atoms with van der Waals surface area (Å²) in [6.45, 7) is 3.36. The highest BCUT2D eigenvalue weighted by Gasteiger charge is 2.46. The Kier molecular flexibility index (Phi) is 8.15. The lowest BCUT2D eigenvalue weighted by Gasteiger charge is -2.42. The van der Waals surface area contributed by atoms with Gasteiger partial charge in [0.15, 0.2) is 6.29 Å². The summed E-state index contributed by atoms with van der Waals surface area (Å²) < 4.78 is 10.3. The smallest absolute Gasteiger partial charge is 0.187 e. The molecule has 142 valence electrons. The first-order chi connectivity index (χ1) is 11.1. The van der Waals surface area contributed by atoms with Crippen LogP contribution in [-0.4, -0.2) is 109 Å².